The van der Waals surface area contributed by atoms with Gasteiger partial charge in [0, 0.05) is 19.7 Å². The molecule has 0 radical (unpaired) electrons. The van der Waals surface area contributed by atoms with Gasteiger partial charge in [-0.05, 0) is 19.3 Å². The summed E-state index contributed by atoms with van der Waals surface area (Å²) in [6.07, 6.45) is 1.43. The Bertz CT molecular complexity index is 628. The highest BCUT2D eigenvalue weighted by atomic mass is 19.2. The first-order valence-corrected chi connectivity index (χ1v) is 7.72. The Morgan fingerprint density at radius 3 is 2.50 bits per heavy atom. The van der Waals surface area contributed by atoms with Crippen LogP contribution in [0, 0.1) is 23.3 Å². The summed E-state index contributed by atoms with van der Waals surface area (Å²) >= 11 is 0. The minimum Gasteiger partial charge on any atom is -0.381 e. The van der Waals surface area contributed by atoms with Crippen LogP contribution in [0.3, 0.4) is 0 Å². The van der Waals surface area contributed by atoms with Gasteiger partial charge in [-0.15, -0.1) is 0 Å². The molecule has 1 aliphatic carbocycles. The van der Waals surface area contributed by atoms with Gasteiger partial charge in [-0.25, -0.2) is 17.6 Å². The summed E-state index contributed by atoms with van der Waals surface area (Å²) in [6.45, 7) is 0.291. The zero-order chi connectivity index (χ0) is 17.4. The lowest BCUT2D eigenvalue weighted by molar-refractivity contribution is -0.101. The van der Waals surface area contributed by atoms with E-state index in [9.17, 15) is 22.4 Å². The van der Waals surface area contributed by atoms with Crippen LogP contribution in [0.25, 0.3) is 0 Å². The quantitative estimate of drug-likeness (QED) is 0.610. The zero-order valence-electron chi connectivity index (χ0n) is 13.0. The highest BCUT2D eigenvalue weighted by molar-refractivity contribution is 5.95. The molecule has 1 aromatic carbocycles. The predicted molar refractivity (Wildman–Crippen MR) is 75.5 cm³/mol. The molecule has 1 saturated carbocycles. The molecule has 8 heteroatoms. The van der Waals surface area contributed by atoms with Crippen LogP contribution < -0.4 is 0 Å². The average molecular weight is 347 g/mol. The van der Waals surface area contributed by atoms with Crippen molar-refractivity contribution in [3.8, 4) is 0 Å². The van der Waals surface area contributed by atoms with Gasteiger partial charge in [0.2, 0.25) is 0 Å². The van der Waals surface area contributed by atoms with Gasteiger partial charge in [-0.2, -0.15) is 0 Å². The lowest BCUT2D eigenvalue weighted by Gasteiger charge is -2.45. The minimum atomic E-state index is -1.68. The summed E-state index contributed by atoms with van der Waals surface area (Å²) in [5.74, 6) is -7.62. The molecule has 3 rings (SSSR count). The second-order valence-electron chi connectivity index (χ2n) is 5.99. The molecule has 2 fully saturated rings. The Balaban J connectivity index is 1.94. The van der Waals surface area contributed by atoms with Crippen LogP contribution in [-0.4, -0.2) is 49.3 Å². The fourth-order valence-electron chi connectivity index (χ4n) is 3.44. The van der Waals surface area contributed by atoms with Crippen molar-refractivity contribution in [1.82, 2.24) is 4.90 Å². The van der Waals surface area contributed by atoms with E-state index in [-0.39, 0.29) is 31.4 Å². The summed E-state index contributed by atoms with van der Waals surface area (Å²) < 4.78 is 65.6. The molecule has 0 spiro atoms. The van der Waals surface area contributed by atoms with Gasteiger partial charge >= 0.3 is 0 Å². The van der Waals surface area contributed by atoms with Gasteiger partial charge in [0.25, 0.3) is 5.91 Å². The summed E-state index contributed by atoms with van der Waals surface area (Å²) in [6, 6.07) is -0.361. The fraction of sp³-hybridized carbons (Fsp3) is 0.562. The number of benzene rings is 1. The molecular weight excluding hydrogens is 330 g/mol. The number of morpholine rings is 1. The van der Waals surface area contributed by atoms with Crippen LogP contribution in [0.1, 0.15) is 29.6 Å². The van der Waals surface area contributed by atoms with Crippen molar-refractivity contribution in [3.63, 3.8) is 0 Å². The van der Waals surface area contributed by atoms with Crippen LogP contribution in [-0.2, 0) is 9.47 Å². The number of ether oxygens (including phenoxy) is 2. The number of fused-ring (bicyclic) bond motifs is 1. The lowest BCUT2D eigenvalue weighted by atomic mass is 9.87. The Morgan fingerprint density at radius 1 is 1.21 bits per heavy atom. The van der Waals surface area contributed by atoms with Gasteiger partial charge in [-0.1, -0.05) is 0 Å². The van der Waals surface area contributed by atoms with Crippen molar-refractivity contribution in [1.29, 1.82) is 0 Å². The highest BCUT2D eigenvalue weighted by Gasteiger charge is 2.42. The van der Waals surface area contributed by atoms with E-state index in [4.69, 9.17) is 9.47 Å². The van der Waals surface area contributed by atoms with E-state index >= 15 is 0 Å². The van der Waals surface area contributed by atoms with E-state index in [1.54, 1.807) is 7.11 Å². The normalized spacial score (nSPS) is 27.0. The Kier molecular flexibility index (Phi) is 4.78. The number of carbonyl (C=O) groups excluding carboxylic acids is 1. The Morgan fingerprint density at radius 2 is 1.88 bits per heavy atom. The smallest absolute Gasteiger partial charge is 0.260 e. The molecule has 132 valence electrons. The topological polar surface area (TPSA) is 38.8 Å². The third kappa shape index (κ3) is 2.88. The maximum Gasteiger partial charge on any atom is 0.260 e. The first-order chi connectivity index (χ1) is 11.4. The SMILES string of the molecule is COC1CCC2OCCN(C(=O)c3c(F)c(F)cc(F)c3F)C2C1. The predicted octanol–water partition coefficient (Wildman–Crippen LogP) is 2.65. The van der Waals surface area contributed by atoms with Crippen LogP contribution in [0.4, 0.5) is 17.6 Å². The van der Waals surface area contributed by atoms with Crippen molar-refractivity contribution in [3.05, 3.63) is 34.9 Å². The van der Waals surface area contributed by atoms with Crippen molar-refractivity contribution in [2.45, 2.75) is 37.5 Å². The fourth-order valence-corrected chi connectivity index (χ4v) is 3.44. The first kappa shape index (κ1) is 17.2. The number of carbonyl (C=O) groups is 1. The molecular formula is C16H17F4NO3. The van der Waals surface area contributed by atoms with Crippen molar-refractivity contribution in [2.24, 2.45) is 0 Å². The van der Waals surface area contributed by atoms with Crippen molar-refractivity contribution >= 4 is 5.91 Å². The molecule has 2 aliphatic rings. The molecule has 1 aromatic rings. The second kappa shape index (κ2) is 6.68. The summed E-state index contributed by atoms with van der Waals surface area (Å²) in [5, 5.41) is 0. The highest BCUT2D eigenvalue weighted by Crippen LogP contribution is 2.32. The van der Waals surface area contributed by atoms with Crippen LogP contribution in [0.2, 0.25) is 0 Å². The molecule has 1 saturated heterocycles. The first-order valence-electron chi connectivity index (χ1n) is 7.72. The summed E-state index contributed by atoms with van der Waals surface area (Å²) in [7, 11) is 1.54. The number of hydrogen-bond acceptors (Lipinski definition) is 3. The molecule has 1 aliphatic heterocycles. The van der Waals surface area contributed by atoms with Crippen LogP contribution in [0.5, 0.6) is 0 Å². The monoisotopic (exact) mass is 347 g/mol. The minimum absolute atomic E-state index is 0.0884. The van der Waals surface area contributed by atoms with Gasteiger partial charge in [-0.3, -0.25) is 4.79 Å². The molecule has 1 heterocycles. The van der Waals surface area contributed by atoms with Crippen molar-refractivity contribution in [2.75, 3.05) is 20.3 Å². The Hall–Kier alpha value is -1.67. The van der Waals surface area contributed by atoms with E-state index < -0.39 is 40.8 Å². The van der Waals surface area contributed by atoms with E-state index in [0.29, 0.717) is 12.8 Å². The Labute approximate surface area is 136 Å². The lowest BCUT2D eigenvalue weighted by Crippen LogP contribution is -2.57. The number of nitrogens with zero attached hydrogens (tertiary/aromatic N) is 1. The molecule has 4 nitrogen and oxygen atoms in total. The largest absolute Gasteiger partial charge is 0.381 e. The molecule has 0 bridgehead atoms. The molecule has 3 atom stereocenters. The van der Waals surface area contributed by atoms with Gasteiger partial charge in [0.1, 0.15) is 5.56 Å². The molecule has 3 unspecified atom stereocenters. The summed E-state index contributed by atoms with van der Waals surface area (Å²) in [5.41, 5.74) is -1.20. The number of amides is 1. The maximum absolute atomic E-state index is 13.9. The number of hydrogen-bond donors (Lipinski definition) is 0. The maximum atomic E-state index is 13.9. The van der Waals surface area contributed by atoms with Gasteiger partial charge < -0.3 is 14.4 Å². The van der Waals surface area contributed by atoms with E-state index in [2.05, 4.69) is 0 Å². The molecule has 0 N–H and O–H groups in total. The number of methoxy groups -OCH3 is 1. The molecule has 24 heavy (non-hydrogen) atoms. The molecule has 0 aromatic heterocycles. The average Bonchev–Trinajstić information content (AvgIpc) is 2.59. The van der Waals surface area contributed by atoms with E-state index in [1.165, 1.54) is 4.90 Å². The zero-order valence-corrected chi connectivity index (χ0v) is 13.0. The van der Waals surface area contributed by atoms with Crippen LogP contribution >= 0.6 is 0 Å². The van der Waals surface area contributed by atoms with Gasteiger partial charge in [0.05, 0.1) is 24.9 Å². The van der Waals surface area contributed by atoms with E-state index in [1.807, 2.05) is 0 Å². The summed E-state index contributed by atoms with van der Waals surface area (Å²) in [4.78, 5) is 13.8. The van der Waals surface area contributed by atoms with Gasteiger partial charge in [0.15, 0.2) is 23.3 Å². The van der Waals surface area contributed by atoms with E-state index in [0.717, 1.165) is 6.42 Å². The number of halogens is 4. The number of rotatable bonds is 2. The van der Waals surface area contributed by atoms with Crippen LogP contribution in [0.15, 0.2) is 6.07 Å². The van der Waals surface area contributed by atoms with Crippen molar-refractivity contribution < 1.29 is 31.8 Å². The third-order valence-corrected chi connectivity index (χ3v) is 4.69. The second-order valence-corrected chi connectivity index (χ2v) is 5.99. The third-order valence-electron chi connectivity index (χ3n) is 4.69. The molecule has 1 amide bonds. The standard InChI is InChI=1S/C16H17F4NO3/c1-23-8-2-3-12-11(6-8)21(4-5-24-12)16(22)13-14(19)9(17)7-10(18)15(13)20/h7-8,11-12H,2-6H2,1H3.